The van der Waals surface area contributed by atoms with Crippen LogP contribution in [0.2, 0.25) is 5.02 Å². The Morgan fingerprint density at radius 3 is 2.68 bits per heavy atom. The summed E-state index contributed by atoms with van der Waals surface area (Å²) in [7, 11) is 0. The fourth-order valence-electron chi connectivity index (χ4n) is 3.34. The van der Waals surface area contributed by atoms with Crippen molar-refractivity contribution >= 4 is 11.6 Å². The quantitative estimate of drug-likeness (QED) is 0.808. The number of nitrogens with two attached hydrogens (primary N) is 1. The summed E-state index contributed by atoms with van der Waals surface area (Å²) in [6.45, 7) is 6.28. The molecule has 1 unspecified atom stereocenters. The number of aliphatic hydroxyl groups excluding tert-OH is 1. The number of benzene rings is 1. The zero-order valence-electron chi connectivity index (χ0n) is 13.3. The van der Waals surface area contributed by atoms with Crippen LogP contribution in [0.5, 0.6) is 5.75 Å². The lowest BCUT2D eigenvalue weighted by atomic mass is 9.80. The smallest absolute Gasteiger partial charge is 0.137 e. The minimum atomic E-state index is 0.236. The highest BCUT2D eigenvalue weighted by atomic mass is 35.5. The molecule has 0 bridgehead atoms. The van der Waals surface area contributed by atoms with Crippen LogP contribution in [0.15, 0.2) is 18.2 Å². The lowest BCUT2D eigenvalue weighted by Gasteiger charge is -2.35. The summed E-state index contributed by atoms with van der Waals surface area (Å²) in [5, 5.41) is 9.69. The summed E-state index contributed by atoms with van der Waals surface area (Å²) in [4.78, 5) is 2.31. The number of rotatable bonds is 7. The van der Waals surface area contributed by atoms with Crippen LogP contribution in [0, 0.1) is 5.92 Å². The summed E-state index contributed by atoms with van der Waals surface area (Å²) in [6, 6.07) is 6.05. The highest BCUT2D eigenvalue weighted by Crippen LogP contribution is 2.35. The van der Waals surface area contributed by atoms with Crippen LogP contribution >= 0.6 is 11.6 Å². The molecule has 124 valence electrons. The molecule has 22 heavy (non-hydrogen) atoms. The lowest BCUT2D eigenvalue weighted by molar-refractivity contribution is 0.138. The Kier molecular flexibility index (Phi) is 6.96. The van der Waals surface area contributed by atoms with Crippen molar-refractivity contribution in [3.63, 3.8) is 0 Å². The standard InChI is InChI=1S/C17H27ClN2O2/c1-2-22-17-4-3-14(11-16(17)18)15(12-19)13-5-7-20(8-6-13)9-10-21/h3-4,11,13,15,21H,2,5-10,12,19H2,1H3. The molecule has 0 amide bonds. The van der Waals surface area contributed by atoms with E-state index in [1.54, 1.807) is 0 Å². The molecule has 2 rings (SSSR count). The summed E-state index contributed by atoms with van der Waals surface area (Å²) in [5.74, 6) is 1.65. The third-order valence-corrected chi connectivity index (χ3v) is 4.85. The Labute approximate surface area is 138 Å². The molecule has 0 saturated carbocycles. The Bertz CT molecular complexity index is 462. The Morgan fingerprint density at radius 1 is 1.41 bits per heavy atom. The van der Waals surface area contributed by atoms with Crippen molar-refractivity contribution in [2.75, 3.05) is 39.4 Å². The van der Waals surface area contributed by atoms with E-state index in [0.717, 1.165) is 38.2 Å². The molecular formula is C17H27ClN2O2. The van der Waals surface area contributed by atoms with Gasteiger partial charge in [0, 0.05) is 6.54 Å². The minimum absolute atomic E-state index is 0.236. The van der Waals surface area contributed by atoms with Crippen molar-refractivity contribution < 1.29 is 9.84 Å². The van der Waals surface area contributed by atoms with Gasteiger partial charge in [0.05, 0.1) is 18.2 Å². The van der Waals surface area contributed by atoms with E-state index in [-0.39, 0.29) is 6.61 Å². The molecule has 1 aliphatic rings. The van der Waals surface area contributed by atoms with Gasteiger partial charge >= 0.3 is 0 Å². The number of halogens is 1. The highest BCUT2D eigenvalue weighted by Gasteiger charge is 2.27. The van der Waals surface area contributed by atoms with Crippen molar-refractivity contribution in [2.45, 2.75) is 25.7 Å². The first-order chi connectivity index (χ1) is 10.7. The third kappa shape index (κ3) is 4.35. The lowest BCUT2D eigenvalue weighted by Crippen LogP contribution is -2.38. The summed E-state index contributed by atoms with van der Waals surface area (Å²) in [6.07, 6.45) is 2.24. The summed E-state index contributed by atoms with van der Waals surface area (Å²) in [5.41, 5.74) is 7.25. The van der Waals surface area contributed by atoms with Gasteiger partial charge in [-0.1, -0.05) is 17.7 Å². The van der Waals surface area contributed by atoms with Crippen molar-refractivity contribution in [3.05, 3.63) is 28.8 Å². The van der Waals surface area contributed by atoms with Gasteiger partial charge in [0.1, 0.15) is 5.75 Å². The molecule has 0 radical (unpaired) electrons. The van der Waals surface area contributed by atoms with Crippen LogP contribution in [0.1, 0.15) is 31.2 Å². The van der Waals surface area contributed by atoms with Crippen LogP contribution in [0.25, 0.3) is 0 Å². The Morgan fingerprint density at radius 2 is 2.14 bits per heavy atom. The van der Waals surface area contributed by atoms with Crippen LogP contribution in [-0.2, 0) is 0 Å². The predicted molar refractivity (Wildman–Crippen MR) is 90.7 cm³/mol. The van der Waals surface area contributed by atoms with Crippen molar-refractivity contribution in [2.24, 2.45) is 11.7 Å². The van der Waals surface area contributed by atoms with Crippen LogP contribution < -0.4 is 10.5 Å². The molecule has 5 heteroatoms. The summed E-state index contributed by atoms with van der Waals surface area (Å²) < 4.78 is 5.50. The van der Waals surface area contributed by atoms with Crippen LogP contribution in [0.3, 0.4) is 0 Å². The molecule has 1 atom stereocenters. The van der Waals surface area contributed by atoms with E-state index in [0.29, 0.717) is 30.0 Å². The Hall–Kier alpha value is -0.810. The fraction of sp³-hybridized carbons (Fsp3) is 0.647. The SMILES string of the molecule is CCOc1ccc(C(CN)C2CCN(CCO)CC2)cc1Cl. The van der Waals surface area contributed by atoms with Crippen molar-refractivity contribution in [3.8, 4) is 5.75 Å². The largest absolute Gasteiger partial charge is 0.492 e. The zero-order valence-corrected chi connectivity index (χ0v) is 14.1. The normalized spacial score (nSPS) is 18.4. The number of nitrogens with zero attached hydrogens (tertiary/aromatic N) is 1. The fourth-order valence-corrected chi connectivity index (χ4v) is 3.58. The molecule has 1 fully saturated rings. The highest BCUT2D eigenvalue weighted by molar-refractivity contribution is 6.32. The van der Waals surface area contributed by atoms with Gasteiger partial charge in [-0.05, 0) is 68.9 Å². The maximum atomic E-state index is 9.03. The molecule has 0 spiro atoms. The van der Waals surface area contributed by atoms with E-state index in [2.05, 4.69) is 11.0 Å². The number of likely N-dealkylation sites (tertiary alicyclic amines) is 1. The second-order valence-electron chi connectivity index (χ2n) is 5.87. The number of piperidine rings is 1. The molecule has 0 aromatic heterocycles. The van der Waals surface area contributed by atoms with Gasteiger partial charge in [0.2, 0.25) is 0 Å². The molecule has 1 aliphatic heterocycles. The number of aliphatic hydroxyl groups is 1. The van der Waals surface area contributed by atoms with Crippen LogP contribution in [-0.4, -0.2) is 49.4 Å². The first-order valence-electron chi connectivity index (χ1n) is 8.15. The molecule has 1 saturated heterocycles. The predicted octanol–water partition coefficient (Wildman–Crippen LogP) is 2.49. The second kappa shape index (κ2) is 8.73. The molecule has 4 nitrogen and oxygen atoms in total. The van der Waals surface area contributed by atoms with E-state index in [1.165, 1.54) is 5.56 Å². The second-order valence-corrected chi connectivity index (χ2v) is 6.27. The zero-order chi connectivity index (χ0) is 15.9. The average Bonchev–Trinajstić information content (AvgIpc) is 2.53. The third-order valence-electron chi connectivity index (χ3n) is 4.56. The van der Waals surface area contributed by atoms with E-state index in [4.69, 9.17) is 27.2 Å². The van der Waals surface area contributed by atoms with Gasteiger partial charge < -0.3 is 20.5 Å². The van der Waals surface area contributed by atoms with E-state index in [9.17, 15) is 0 Å². The topological polar surface area (TPSA) is 58.7 Å². The Balaban J connectivity index is 2.04. The molecule has 1 heterocycles. The van der Waals surface area contributed by atoms with Gasteiger partial charge in [-0.2, -0.15) is 0 Å². The maximum absolute atomic E-state index is 9.03. The van der Waals surface area contributed by atoms with Gasteiger partial charge in [-0.15, -0.1) is 0 Å². The average molecular weight is 327 g/mol. The molecule has 1 aromatic carbocycles. The van der Waals surface area contributed by atoms with Gasteiger partial charge in [0.15, 0.2) is 0 Å². The molecular weight excluding hydrogens is 300 g/mol. The van der Waals surface area contributed by atoms with Crippen molar-refractivity contribution in [1.82, 2.24) is 4.90 Å². The van der Waals surface area contributed by atoms with Gasteiger partial charge in [0.25, 0.3) is 0 Å². The minimum Gasteiger partial charge on any atom is -0.492 e. The number of β-amino-alcohol motifs (C(OH)–C–C–N with tert-alkyl or cyclic N) is 1. The van der Waals surface area contributed by atoms with Crippen LogP contribution in [0.4, 0.5) is 0 Å². The van der Waals surface area contributed by atoms with Gasteiger partial charge in [-0.25, -0.2) is 0 Å². The van der Waals surface area contributed by atoms with E-state index in [1.807, 2.05) is 19.1 Å². The van der Waals surface area contributed by atoms with E-state index < -0.39 is 0 Å². The monoisotopic (exact) mass is 326 g/mol. The first kappa shape index (κ1) is 17.5. The maximum Gasteiger partial charge on any atom is 0.137 e. The first-order valence-corrected chi connectivity index (χ1v) is 8.52. The molecule has 3 N–H and O–H groups in total. The summed E-state index contributed by atoms with van der Waals surface area (Å²) >= 11 is 6.31. The molecule has 0 aliphatic carbocycles. The van der Waals surface area contributed by atoms with E-state index >= 15 is 0 Å². The number of hydrogen-bond acceptors (Lipinski definition) is 4. The number of hydrogen-bond donors (Lipinski definition) is 2. The molecule has 1 aromatic rings. The van der Waals surface area contributed by atoms with Crippen molar-refractivity contribution in [1.29, 1.82) is 0 Å². The number of ether oxygens (including phenoxy) is 1. The van der Waals surface area contributed by atoms with Gasteiger partial charge in [-0.3, -0.25) is 0 Å².